The average Bonchev–Trinajstić information content (AvgIpc) is 2.86. The summed E-state index contributed by atoms with van der Waals surface area (Å²) in [5.41, 5.74) is 2.57. The van der Waals surface area contributed by atoms with E-state index in [1.807, 2.05) is 19.1 Å². The summed E-state index contributed by atoms with van der Waals surface area (Å²) in [6.07, 6.45) is 2.46. The first-order valence-corrected chi connectivity index (χ1v) is 5.86. The third-order valence-corrected chi connectivity index (χ3v) is 2.77. The summed E-state index contributed by atoms with van der Waals surface area (Å²) in [6, 6.07) is 7.14. The zero-order chi connectivity index (χ0) is 14.0. The summed E-state index contributed by atoms with van der Waals surface area (Å²) in [6.45, 7) is 1.92. The predicted octanol–water partition coefficient (Wildman–Crippen LogP) is 1.70. The Labute approximate surface area is 111 Å². The molecule has 0 atom stereocenters. The lowest BCUT2D eigenvalue weighted by atomic mass is 10.1. The smallest absolute Gasteiger partial charge is 0.273 e. The van der Waals surface area contributed by atoms with Crippen molar-refractivity contribution in [2.75, 3.05) is 14.1 Å². The molecule has 5 nitrogen and oxygen atoms in total. The van der Waals surface area contributed by atoms with Crippen LogP contribution < -0.4 is 0 Å². The lowest BCUT2D eigenvalue weighted by Crippen LogP contribution is -2.22. The molecule has 1 amide bonds. The van der Waals surface area contributed by atoms with Crippen LogP contribution in [0.2, 0.25) is 0 Å². The Morgan fingerprint density at radius 2 is 2.05 bits per heavy atom. The fourth-order valence-electron chi connectivity index (χ4n) is 1.78. The number of rotatable bonds is 3. The van der Waals surface area contributed by atoms with Gasteiger partial charge in [-0.05, 0) is 25.1 Å². The lowest BCUT2D eigenvalue weighted by molar-refractivity contribution is 0.0821. The molecule has 0 aliphatic rings. The molecule has 1 heterocycles. The number of aromatic nitrogens is 2. The Morgan fingerprint density at radius 3 is 2.68 bits per heavy atom. The molecule has 0 bridgehead atoms. The first-order chi connectivity index (χ1) is 9.02. The minimum absolute atomic E-state index is 0.168. The van der Waals surface area contributed by atoms with Gasteiger partial charge in [-0.25, -0.2) is 4.68 Å². The SMILES string of the molecule is Cc1ccc(-n2ccc(C(=O)N(C)C)n2)c(C=O)c1. The number of carbonyl (C=O) groups excluding carboxylic acids is 2. The first kappa shape index (κ1) is 13.0. The van der Waals surface area contributed by atoms with E-state index in [1.165, 1.54) is 4.90 Å². The Hall–Kier alpha value is -2.43. The van der Waals surface area contributed by atoms with Crippen molar-refractivity contribution in [2.24, 2.45) is 0 Å². The number of aryl methyl sites for hydroxylation is 1. The molecule has 5 heteroatoms. The van der Waals surface area contributed by atoms with Crippen LogP contribution in [-0.4, -0.2) is 41.0 Å². The number of hydrogen-bond acceptors (Lipinski definition) is 3. The van der Waals surface area contributed by atoms with Gasteiger partial charge in [-0.1, -0.05) is 11.6 Å². The fraction of sp³-hybridized carbons (Fsp3) is 0.214. The van der Waals surface area contributed by atoms with Gasteiger partial charge in [0.2, 0.25) is 0 Å². The maximum atomic E-state index is 11.8. The highest BCUT2D eigenvalue weighted by atomic mass is 16.2. The van der Waals surface area contributed by atoms with Crippen LogP contribution in [0.1, 0.15) is 26.4 Å². The summed E-state index contributed by atoms with van der Waals surface area (Å²) in [4.78, 5) is 24.3. The van der Waals surface area contributed by atoms with Crippen molar-refractivity contribution in [3.05, 3.63) is 47.3 Å². The van der Waals surface area contributed by atoms with E-state index >= 15 is 0 Å². The molecular formula is C14H15N3O2. The number of amides is 1. The second-order valence-corrected chi connectivity index (χ2v) is 4.53. The van der Waals surface area contributed by atoms with Crippen molar-refractivity contribution in [2.45, 2.75) is 6.92 Å². The molecule has 0 unspecified atom stereocenters. The van der Waals surface area contributed by atoms with Gasteiger partial charge in [0.05, 0.1) is 5.69 Å². The van der Waals surface area contributed by atoms with Crippen LogP contribution >= 0.6 is 0 Å². The van der Waals surface area contributed by atoms with E-state index in [-0.39, 0.29) is 5.91 Å². The molecule has 0 radical (unpaired) electrons. The Morgan fingerprint density at radius 1 is 1.32 bits per heavy atom. The molecule has 98 valence electrons. The molecule has 0 fully saturated rings. The minimum Gasteiger partial charge on any atom is -0.343 e. The Balaban J connectivity index is 2.43. The van der Waals surface area contributed by atoms with Gasteiger partial charge in [0, 0.05) is 25.9 Å². The van der Waals surface area contributed by atoms with Gasteiger partial charge in [-0.15, -0.1) is 0 Å². The minimum atomic E-state index is -0.168. The lowest BCUT2D eigenvalue weighted by Gasteiger charge is -2.08. The molecule has 0 saturated heterocycles. The zero-order valence-corrected chi connectivity index (χ0v) is 11.1. The van der Waals surface area contributed by atoms with E-state index in [2.05, 4.69) is 5.10 Å². The molecule has 2 rings (SSSR count). The molecule has 0 aliphatic heterocycles. The van der Waals surface area contributed by atoms with Crippen molar-refractivity contribution < 1.29 is 9.59 Å². The molecule has 0 saturated carbocycles. The quantitative estimate of drug-likeness (QED) is 0.786. The van der Waals surface area contributed by atoms with Crippen molar-refractivity contribution in [3.8, 4) is 5.69 Å². The highest BCUT2D eigenvalue weighted by molar-refractivity contribution is 5.92. The molecule has 2 aromatic rings. The summed E-state index contributed by atoms with van der Waals surface area (Å²) < 4.78 is 1.54. The van der Waals surface area contributed by atoms with Crippen LogP contribution in [0.15, 0.2) is 30.5 Å². The average molecular weight is 257 g/mol. The standard InChI is InChI=1S/C14H15N3O2/c1-10-4-5-13(11(8-10)9-18)17-7-6-12(15-17)14(19)16(2)3/h4-9H,1-3H3. The molecular weight excluding hydrogens is 242 g/mol. The van der Waals surface area contributed by atoms with Crippen LogP contribution in [0.25, 0.3) is 5.69 Å². The van der Waals surface area contributed by atoms with Crippen LogP contribution in [0.3, 0.4) is 0 Å². The van der Waals surface area contributed by atoms with Gasteiger partial charge in [-0.2, -0.15) is 5.10 Å². The van der Waals surface area contributed by atoms with Crippen LogP contribution in [-0.2, 0) is 0 Å². The number of carbonyl (C=O) groups is 2. The van der Waals surface area contributed by atoms with E-state index in [0.717, 1.165) is 11.8 Å². The number of nitrogens with zero attached hydrogens (tertiary/aromatic N) is 3. The summed E-state index contributed by atoms with van der Waals surface area (Å²) in [5, 5.41) is 4.21. The summed E-state index contributed by atoms with van der Waals surface area (Å²) in [5.74, 6) is -0.168. The van der Waals surface area contributed by atoms with E-state index in [9.17, 15) is 9.59 Å². The molecule has 0 N–H and O–H groups in total. The van der Waals surface area contributed by atoms with Gasteiger partial charge in [0.1, 0.15) is 0 Å². The summed E-state index contributed by atoms with van der Waals surface area (Å²) >= 11 is 0. The van der Waals surface area contributed by atoms with E-state index < -0.39 is 0 Å². The third-order valence-electron chi connectivity index (χ3n) is 2.77. The second kappa shape index (κ2) is 5.06. The second-order valence-electron chi connectivity index (χ2n) is 4.53. The molecule has 19 heavy (non-hydrogen) atoms. The monoisotopic (exact) mass is 257 g/mol. The van der Waals surface area contributed by atoms with Gasteiger partial charge in [0.15, 0.2) is 12.0 Å². The van der Waals surface area contributed by atoms with Crippen molar-refractivity contribution in [1.82, 2.24) is 14.7 Å². The normalized spacial score (nSPS) is 10.3. The third kappa shape index (κ3) is 2.54. The number of aldehydes is 1. The first-order valence-electron chi connectivity index (χ1n) is 5.86. The van der Waals surface area contributed by atoms with Crippen molar-refractivity contribution in [1.29, 1.82) is 0 Å². The topological polar surface area (TPSA) is 55.2 Å². The van der Waals surface area contributed by atoms with Gasteiger partial charge in [0.25, 0.3) is 5.91 Å². The van der Waals surface area contributed by atoms with Gasteiger partial charge >= 0.3 is 0 Å². The van der Waals surface area contributed by atoms with Crippen LogP contribution in [0.4, 0.5) is 0 Å². The predicted molar refractivity (Wildman–Crippen MR) is 71.7 cm³/mol. The van der Waals surface area contributed by atoms with E-state index in [0.29, 0.717) is 16.9 Å². The Bertz CT molecular complexity index is 629. The van der Waals surface area contributed by atoms with Gasteiger partial charge in [-0.3, -0.25) is 9.59 Å². The Kier molecular flexibility index (Phi) is 3.46. The fourth-order valence-corrected chi connectivity index (χ4v) is 1.78. The van der Waals surface area contributed by atoms with Gasteiger partial charge < -0.3 is 4.90 Å². The number of hydrogen-bond donors (Lipinski definition) is 0. The highest BCUT2D eigenvalue weighted by Crippen LogP contribution is 2.15. The molecule has 0 spiro atoms. The largest absolute Gasteiger partial charge is 0.343 e. The summed E-state index contributed by atoms with van der Waals surface area (Å²) in [7, 11) is 3.34. The number of benzene rings is 1. The molecule has 1 aromatic carbocycles. The van der Waals surface area contributed by atoms with Crippen molar-refractivity contribution in [3.63, 3.8) is 0 Å². The van der Waals surface area contributed by atoms with Crippen LogP contribution in [0, 0.1) is 6.92 Å². The van der Waals surface area contributed by atoms with E-state index in [4.69, 9.17) is 0 Å². The van der Waals surface area contributed by atoms with Crippen molar-refractivity contribution >= 4 is 12.2 Å². The van der Waals surface area contributed by atoms with Crippen LogP contribution in [0.5, 0.6) is 0 Å². The maximum Gasteiger partial charge on any atom is 0.273 e. The highest BCUT2D eigenvalue weighted by Gasteiger charge is 2.13. The molecule has 0 aliphatic carbocycles. The van der Waals surface area contributed by atoms with E-state index in [1.54, 1.807) is 37.1 Å². The zero-order valence-electron chi connectivity index (χ0n) is 11.1. The molecule has 1 aromatic heterocycles. The maximum absolute atomic E-state index is 11.8.